The number of aromatic amines is 1. The van der Waals surface area contributed by atoms with E-state index in [9.17, 15) is 4.79 Å². The number of nitrogens with one attached hydrogen (secondary N) is 2. The number of para-hydroxylation sites is 2. The Morgan fingerprint density at radius 2 is 2.30 bits per heavy atom. The van der Waals surface area contributed by atoms with Crippen molar-refractivity contribution in [1.82, 2.24) is 20.3 Å². The first-order valence-electron chi connectivity index (χ1n) is 6.03. The predicted octanol–water partition coefficient (Wildman–Crippen LogP) is 1.96. The molecule has 0 aliphatic carbocycles. The van der Waals surface area contributed by atoms with Gasteiger partial charge in [-0.3, -0.25) is 4.79 Å². The van der Waals surface area contributed by atoms with Crippen molar-refractivity contribution in [2.24, 2.45) is 0 Å². The summed E-state index contributed by atoms with van der Waals surface area (Å²) in [6.45, 7) is 0.437. The fourth-order valence-corrected chi connectivity index (χ4v) is 2.33. The van der Waals surface area contributed by atoms with Gasteiger partial charge in [0.2, 0.25) is 5.91 Å². The molecule has 2 aromatic heterocycles. The number of rotatable bonds is 5. The molecule has 0 unspecified atom stereocenters. The number of hydrogen-bond donors (Lipinski definition) is 2. The number of amides is 1. The molecule has 0 spiro atoms. The number of aromatic nitrogens is 3. The molecular formula is C13H12N4O2S. The molecule has 3 rings (SSSR count). The summed E-state index contributed by atoms with van der Waals surface area (Å²) in [6, 6.07) is 7.52. The van der Waals surface area contributed by atoms with Gasteiger partial charge in [-0.2, -0.15) is 0 Å². The zero-order chi connectivity index (χ0) is 13.8. The van der Waals surface area contributed by atoms with E-state index in [1.54, 1.807) is 12.5 Å². The van der Waals surface area contributed by atoms with Gasteiger partial charge >= 0.3 is 0 Å². The summed E-state index contributed by atoms with van der Waals surface area (Å²) in [5.74, 6) is 0.188. The van der Waals surface area contributed by atoms with Crippen LogP contribution < -0.4 is 5.32 Å². The predicted molar refractivity (Wildman–Crippen MR) is 75.2 cm³/mol. The van der Waals surface area contributed by atoms with Gasteiger partial charge in [0.05, 0.1) is 24.3 Å². The highest BCUT2D eigenvalue weighted by Crippen LogP contribution is 2.22. The Balaban J connectivity index is 1.52. The van der Waals surface area contributed by atoms with Crippen LogP contribution in [0.5, 0.6) is 0 Å². The second kappa shape index (κ2) is 5.79. The van der Waals surface area contributed by atoms with E-state index in [1.165, 1.54) is 11.8 Å². The topological polar surface area (TPSA) is 83.8 Å². The lowest BCUT2D eigenvalue weighted by Crippen LogP contribution is -2.24. The molecule has 102 valence electrons. The number of thioether (sulfide) groups is 1. The van der Waals surface area contributed by atoms with Gasteiger partial charge in [0, 0.05) is 6.20 Å². The Hall–Kier alpha value is -2.28. The molecule has 2 N–H and O–H groups in total. The van der Waals surface area contributed by atoms with Crippen LogP contribution in [0.2, 0.25) is 0 Å². The monoisotopic (exact) mass is 288 g/mol. The van der Waals surface area contributed by atoms with E-state index >= 15 is 0 Å². The number of H-pyrrole nitrogens is 1. The molecule has 7 heteroatoms. The largest absolute Gasteiger partial charge is 0.431 e. The zero-order valence-electron chi connectivity index (χ0n) is 10.5. The summed E-state index contributed by atoms with van der Waals surface area (Å²) in [5.41, 5.74) is 2.39. The normalized spacial score (nSPS) is 10.8. The van der Waals surface area contributed by atoms with Crippen molar-refractivity contribution in [3.8, 4) is 0 Å². The molecule has 1 amide bonds. The third-order valence-corrected chi connectivity index (χ3v) is 3.46. The second-order valence-corrected chi connectivity index (χ2v) is 5.02. The molecule has 0 aliphatic rings. The minimum atomic E-state index is -0.0770. The Labute approximate surface area is 119 Å². The molecule has 1 aromatic carbocycles. The molecule has 3 aromatic rings. The van der Waals surface area contributed by atoms with Gasteiger partial charge in [-0.15, -0.1) is 0 Å². The maximum absolute atomic E-state index is 11.7. The number of fused-ring (bicyclic) bond motifs is 1. The zero-order valence-corrected chi connectivity index (χ0v) is 11.3. The van der Waals surface area contributed by atoms with Crippen LogP contribution in [-0.2, 0) is 11.3 Å². The lowest BCUT2D eigenvalue weighted by molar-refractivity contribution is -0.118. The molecule has 0 bridgehead atoms. The smallest absolute Gasteiger partial charge is 0.257 e. The fraction of sp³-hybridized carbons (Fsp3) is 0.154. The van der Waals surface area contributed by atoms with Crippen molar-refractivity contribution < 1.29 is 9.21 Å². The van der Waals surface area contributed by atoms with Crippen LogP contribution in [0.1, 0.15) is 5.69 Å². The van der Waals surface area contributed by atoms with Gasteiger partial charge in [0.1, 0.15) is 5.52 Å². The maximum atomic E-state index is 11.7. The van der Waals surface area contributed by atoms with Crippen LogP contribution in [0.4, 0.5) is 0 Å². The third kappa shape index (κ3) is 3.00. The number of nitrogens with zero attached hydrogens (tertiary/aromatic N) is 2. The van der Waals surface area contributed by atoms with Gasteiger partial charge in [0.25, 0.3) is 5.22 Å². The standard InChI is InChI=1S/C13H12N4O2S/c18-12(15-6-9-5-14-8-16-9)7-20-13-17-10-3-1-2-4-11(10)19-13/h1-5,8H,6-7H2,(H,14,16)(H,15,18). The number of carbonyl (C=O) groups is 1. The molecule has 2 heterocycles. The van der Waals surface area contributed by atoms with Crippen molar-refractivity contribution >= 4 is 28.8 Å². The Morgan fingerprint density at radius 1 is 1.40 bits per heavy atom. The summed E-state index contributed by atoms with van der Waals surface area (Å²) in [4.78, 5) is 22.8. The summed E-state index contributed by atoms with van der Waals surface area (Å²) < 4.78 is 5.52. The number of oxazole rings is 1. The average Bonchev–Trinajstić information content (AvgIpc) is 3.11. The second-order valence-electron chi connectivity index (χ2n) is 4.09. The van der Waals surface area contributed by atoms with E-state index < -0.39 is 0 Å². The van der Waals surface area contributed by atoms with Gasteiger partial charge in [-0.25, -0.2) is 9.97 Å². The van der Waals surface area contributed by atoms with E-state index in [0.29, 0.717) is 11.8 Å². The highest BCUT2D eigenvalue weighted by Gasteiger charge is 2.08. The van der Waals surface area contributed by atoms with E-state index in [4.69, 9.17) is 4.42 Å². The SMILES string of the molecule is O=C(CSc1nc2ccccc2o1)NCc1cnc[nH]1. The van der Waals surface area contributed by atoms with Crippen LogP contribution >= 0.6 is 11.8 Å². The van der Waals surface area contributed by atoms with E-state index in [2.05, 4.69) is 20.3 Å². The van der Waals surface area contributed by atoms with Crippen molar-refractivity contribution in [2.75, 3.05) is 5.75 Å². The molecule has 0 saturated heterocycles. The summed E-state index contributed by atoms with van der Waals surface area (Å²) >= 11 is 1.28. The Morgan fingerprint density at radius 3 is 3.10 bits per heavy atom. The molecular weight excluding hydrogens is 276 g/mol. The van der Waals surface area contributed by atoms with E-state index in [1.807, 2.05) is 24.3 Å². The minimum Gasteiger partial charge on any atom is -0.431 e. The molecule has 6 nitrogen and oxygen atoms in total. The number of imidazole rings is 1. The first kappa shape index (κ1) is 12.7. The third-order valence-electron chi connectivity index (χ3n) is 2.63. The fourth-order valence-electron chi connectivity index (χ4n) is 1.67. The van der Waals surface area contributed by atoms with Gasteiger partial charge < -0.3 is 14.7 Å². The quantitative estimate of drug-likeness (QED) is 0.701. The van der Waals surface area contributed by atoms with Crippen molar-refractivity contribution in [3.05, 3.63) is 42.5 Å². The summed E-state index contributed by atoms with van der Waals surface area (Å²) in [6.07, 6.45) is 3.25. The van der Waals surface area contributed by atoms with Crippen molar-refractivity contribution in [1.29, 1.82) is 0 Å². The van der Waals surface area contributed by atoms with Crippen LogP contribution in [0.15, 0.2) is 46.4 Å². The first-order valence-corrected chi connectivity index (χ1v) is 7.02. The van der Waals surface area contributed by atoms with Gasteiger partial charge in [-0.1, -0.05) is 23.9 Å². The lowest BCUT2D eigenvalue weighted by Gasteiger charge is -2.01. The maximum Gasteiger partial charge on any atom is 0.257 e. The molecule has 0 radical (unpaired) electrons. The van der Waals surface area contributed by atoms with Crippen molar-refractivity contribution in [2.45, 2.75) is 11.8 Å². The van der Waals surface area contributed by atoms with E-state index in [0.717, 1.165) is 16.8 Å². The number of benzene rings is 1. The van der Waals surface area contributed by atoms with Crippen LogP contribution in [0.25, 0.3) is 11.1 Å². The molecule has 0 saturated carbocycles. The Kier molecular flexibility index (Phi) is 3.69. The van der Waals surface area contributed by atoms with E-state index in [-0.39, 0.29) is 11.7 Å². The van der Waals surface area contributed by atoms with Crippen molar-refractivity contribution in [3.63, 3.8) is 0 Å². The molecule has 0 atom stereocenters. The summed E-state index contributed by atoms with van der Waals surface area (Å²) in [7, 11) is 0. The van der Waals surface area contributed by atoms with Crippen LogP contribution in [-0.4, -0.2) is 26.6 Å². The van der Waals surface area contributed by atoms with Crippen LogP contribution in [0.3, 0.4) is 0 Å². The lowest BCUT2D eigenvalue weighted by atomic mass is 10.3. The highest BCUT2D eigenvalue weighted by atomic mass is 32.2. The molecule has 20 heavy (non-hydrogen) atoms. The highest BCUT2D eigenvalue weighted by molar-refractivity contribution is 7.99. The van der Waals surface area contributed by atoms with Gasteiger partial charge in [-0.05, 0) is 12.1 Å². The average molecular weight is 288 g/mol. The summed E-state index contributed by atoms with van der Waals surface area (Å²) in [5, 5.41) is 3.29. The molecule has 0 aliphatic heterocycles. The van der Waals surface area contributed by atoms with Crippen LogP contribution in [0, 0.1) is 0 Å². The number of hydrogen-bond acceptors (Lipinski definition) is 5. The van der Waals surface area contributed by atoms with Gasteiger partial charge in [0.15, 0.2) is 5.58 Å². The minimum absolute atomic E-state index is 0.0770. The molecule has 0 fully saturated rings. The first-order chi connectivity index (χ1) is 9.81. The number of carbonyl (C=O) groups excluding carboxylic acids is 1. The Bertz CT molecular complexity index is 675.